The maximum absolute atomic E-state index is 12.5. The van der Waals surface area contributed by atoms with Crippen LogP contribution in [0.4, 0.5) is 13.2 Å². The SMILES string of the molecule is FCC(F)(F)C1C[CH]CC1. The first-order valence-corrected chi connectivity index (χ1v) is 3.42. The van der Waals surface area contributed by atoms with Gasteiger partial charge in [-0.05, 0) is 25.7 Å². The van der Waals surface area contributed by atoms with Crippen molar-refractivity contribution >= 4 is 0 Å². The third-order valence-electron chi connectivity index (χ3n) is 1.95. The van der Waals surface area contributed by atoms with E-state index < -0.39 is 18.5 Å². The van der Waals surface area contributed by atoms with E-state index in [9.17, 15) is 13.2 Å². The molecule has 10 heavy (non-hydrogen) atoms. The van der Waals surface area contributed by atoms with Gasteiger partial charge < -0.3 is 0 Å². The summed E-state index contributed by atoms with van der Waals surface area (Å²) in [5.41, 5.74) is 0. The van der Waals surface area contributed by atoms with Crippen molar-refractivity contribution in [3.63, 3.8) is 0 Å². The Labute approximate surface area is 58.4 Å². The van der Waals surface area contributed by atoms with E-state index in [-0.39, 0.29) is 0 Å². The smallest absolute Gasteiger partial charge is 0.244 e. The van der Waals surface area contributed by atoms with Gasteiger partial charge in [-0.3, -0.25) is 0 Å². The van der Waals surface area contributed by atoms with Gasteiger partial charge in [0.15, 0.2) is 6.67 Å². The van der Waals surface area contributed by atoms with E-state index in [2.05, 4.69) is 0 Å². The third kappa shape index (κ3) is 1.44. The number of hydrogen-bond acceptors (Lipinski definition) is 0. The van der Waals surface area contributed by atoms with Crippen LogP contribution in [0.2, 0.25) is 0 Å². The fourth-order valence-electron chi connectivity index (χ4n) is 1.25. The maximum Gasteiger partial charge on any atom is 0.278 e. The van der Waals surface area contributed by atoms with E-state index in [0.29, 0.717) is 19.3 Å². The summed E-state index contributed by atoms with van der Waals surface area (Å²) < 4.78 is 36.6. The van der Waals surface area contributed by atoms with E-state index in [1.807, 2.05) is 0 Å². The molecule has 1 fully saturated rings. The zero-order chi connectivity index (χ0) is 7.61. The van der Waals surface area contributed by atoms with E-state index in [1.54, 1.807) is 6.42 Å². The van der Waals surface area contributed by atoms with Crippen molar-refractivity contribution in [2.45, 2.75) is 25.2 Å². The van der Waals surface area contributed by atoms with Crippen LogP contribution < -0.4 is 0 Å². The van der Waals surface area contributed by atoms with Gasteiger partial charge in [0.05, 0.1) is 0 Å². The molecule has 0 spiro atoms. The van der Waals surface area contributed by atoms with E-state index in [0.717, 1.165) is 0 Å². The van der Waals surface area contributed by atoms with E-state index in [4.69, 9.17) is 0 Å². The highest BCUT2D eigenvalue weighted by molar-refractivity contribution is 4.88. The fraction of sp³-hybridized carbons (Fsp3) is 0.857. The maximum atomic E-state index is 12.5. The van der Waals surface area contributed by atoms with Crippen molar-refractivity contribution in [1.82, 2.24) is 0 Å². The molecule has 0 N–H and O–H groups in total. The summed E-state index contributed by atoms with van der Waals surface area (Å²) in [6, 6.07) is 0. The van der Waals surface area contributed by atoms with E-state index in [1.165, 1.54) is 0 Å². The molecule has 0 aromatic rings. The second kappa shape index (κ2) is 2.81. The van der Waals surface area contributed by atoms with Gasteiger partial charge in [-0.2, -0.15) is 0 Å². The van der Waals surface area contributed by atoms with Gasteiger partial charge in [-0.15, -0.1) is 0 Å². The monoisotopic (exact) mass is 151 g/mol. The van der Waals surface area contributed by atoms with Crippen molar-refractivity contribution in [3.05, 3.63) is 6.42 Å². The molecule has 0 heterocycles. The molecule has 59 valence electrons. The van der Waals surface area contributed by atoms with Gasteiger partial charge in [0.2, 0.25) is 0 Å². The minimum absolute atomic E-state index is 0.372. The first kappa shape index (κ1) is 7.89. The summed E-state index contributed by atoms with van der Waals surface area (Å²) in [6.45, 7) is -1.51. The molecule has 0 saturated heterocycles. The normalized spacial score (nSPS) is 21.9. The second-order valence-corrected chi connectivity index (χ2v) is 2.69. The Morgan fingerprint density at radius 3 is 2.60 bits per heavy atom. The average molecular weight is 151 g/mol. The molecule has 3 heteroatoms. The van der Waals surface area contributed by atoms with Crippen LogP contribution in [-0.2, 0) is 0 Å². The Balaban J connectivity index is 2.45. The van der Waals surface area contributed by atoms with Crippen molar-refractivity contribution in [2.24, 2.45) is 5.92 Å². The summed E-state index contributed by atoms with van der Waals surface area (Å²) in [5.74, 6) is -3.81. The van der Waals surface area contributed by atoms with Gasteiger partial charge in [-0.25, -0.2) is 13.2 Å². The largest absolute Gasteiger partial charge is 0.278 e. The van der Waals surface area contributed by atoms with Crippen LogP contribution in [0.1, 0.15) is 19.3 Å². The molecule has 1 aliphatic rings. The van der Waals surface area contributed by atoms with Gasteiger partial charge in [0.1, 0.15) is 0 Å². The Morgan fingerprint density at radius 1 is 1.50 bits per heavy atom. The Bertz CT molecular complexity index is 105. The molecule has 1 saturated carbocycles. The van der Waals surface area contributed by atoms with Crippen LogP contribution in [-0.4, -0.2) is 12.6 Å². The minimum Gasteiger partial charge on any atom is -0.244 e. The summed E-state index contributed by atoms with van der Waals surface area (Å²) in [7, 11) is 0. The van der Waals surface area contributed by atoms with Crippen molar-refractivity contribution < 1.29 is 13.2 Å². The van der Waals surface area contributed by atoms with Crippen LogP contribution in [0.25, 0.3) is 0 Å². The highest BCUT2D eigenvalue weighted by Crippen LogP contribution is 2.37. The van der Waals surface area contributed by atoms with E-state index >= 15 is 0 Å². The summed E-state index contributed by atoms with van der Waals surface area (Å²) in [4.78, 5) is 0. The molecule has 1 unspecified atom stereocenters. The van der Waals surface area contributed by atoms with Crippen molar-refractivity contribution in [2.75, 3.05) is 6.67 Å². The zero-order valence-electron chi connectivity index (χ0n) is 5.62. The summed E-state index contributed by atoms with van der Waals surface area (Å²) in [5, 5.41) is 0. The highest BCUT2D eigenvalue weighted by atomic mass is 19.3. The molecule has 1 rings (SSSR count). The molecule has 0 bridgehead atoms. The molecule has 0 amide bonds. The number of hydrogen-bond donors (Lipinski definition) is 0. The third-order valence-corrected chi connectivity index (χ3v) is 1.95. The topological polar surface area (TPSA) is 0 Å². The molecule has 1 aliphatic carbocycles. The first-order chi connectivity index (χ1) is 4.67. The summed E-state index contributed by atoms with van der Waals surface area (Å²) in [6.07, 6.45) is 3.32. The van der Waals surface area contributed by atoms with Gasteiger partial charge >= 0.3 is 0 Å². The predicted molar refractivity (Wildman–Crippen MR) is 32.6 cm³/mol. The minimum atomic E-state index is -3.08. The van der Waals surface area contributed by atoms with Crippen molar-refractivity contribution in [3.8, 4) is 0 Å². The quantitative estimate of drug-likeness (QED) is 0.569. The average Bonchev–Trinajstić information content (AvgIpc) is 2.38. The standard InChI is InChI=1S/C7H10F3/c8-5-7(9,10)6-3-1-2-4-6/h1,6H,2-5H2. The van der Waals surface area contributed by atoms with Gasteiger partial charge in [0, 0.05) is 5.92 Å². The highest BCUT2D eigenvalue weighted by Gasteiger charge is 2.40. The van der Waals surface area contributed by atoms with Gasteiger partial charge in [-0.1, -0.05) is 0 Å². The number of alkyl halides is 3. The number of halogens is 3. The molecule has 0 aromatic carbocycles. The Hall–Kier alpha value is -0.210. The van der Waals surface area contributed by atoms with Crippen LogP contribution in [0, 0.1) is 12.3 Å². The number of rotatable bonds is 2. The zero-order valence-corrected chi connectivity index (χ0v) is 5.62. The van der Waals surface area contributed by atoms with Crippen LogP contribution in [0.15, 0.2) is 0 Å². The lowest BCUT2D eigenvalue weighted by Gasteiger charge is -2.18. The second-order valence-electron chi connectivity index (χ2n) is 2.69. The lowest BCUT2D eigenvalue weighted by molar-refractivity contribution is -0.0727. The molecule has 1 atom stereocenters. The molecular weight excluding hydrogens is 141 g/mol. The molecule has 0 aromatic heterocycles. The lowest BCUT2D eigenvalue weighted by Crippen LogP contribution is -2.28. The molecular formula is C7H10F3. The Morgan fingerprint density at radius 2 is 2.20 bits per heavy atom. The van der Waals surface area contributed by atoms with Crippen LogP contribution in [0.5, 0.6) is 0 Å². The van der Waals surface area contributed by atoms with Crippen LogP contribution in [0.3, 0.4) is 0 Å². The van der Waals surface area contributed by atoms with Crippen LogP contribution >= 0.6 is 0 Å². The summed E-state index contributed by atoms with van der Waals surface area (Å²) >= 11 is 0. The molecule has 0 nitrogen and oxygen atoms in total. The van der Waals surface area contributed by atoms with Gasteiger partial charge in [0.25, 0.3) is 5.92 Å². The Kier molecular flexibility index (Phi) is 2.21. The predicted octanol–water partition coefficient (Wildman–Crippen LogP) is 2.60. The molecule has 0 aliphatic heterocycles. The lowest BCUT2D eigenvalue weighted by atomic mass is 10.0. The first-order valence-electron chi connectivity index (χ1n) is 3.42. The molecule has 1 radical (unpaired) electrons. The fourth-order valence-corrected chi connectivity index (χ4v) is 1.25. The van der Waals surface area contributed by atoms with Crippen molar-refractivity contribution in [1.29, 1.82) is 0 Å².